The molecule has 2 rings (SSSR count). The number of carbonyl (C=O) groups is 3. The lowest BCUT2D eigenvalue weighted by Gasteiger charge is -2.51. The molecular formula is C18H31N3O4. The summed E-state index contributed by atoms with van der Waals surface area (Å²) in [6, 6.07) is 0. The third kappa shape index (κ3) is 5.01. The van der Waals surface area contributed by atoms with Crippen LogP contribution in [-0.4, -0.2) is 90.3 Å². The Hall–Kier alpha value is -1.47. The summed E-state index contributed by atoms with van der Waals surface area (Å²) in [5.41, 5.74) is -0.259. The van der Waals surface area contributed by atoms with Gasteiger partial charge in [0.25, 0.3) is 0 Å². The molecule has 0 spiro atoms. The first-order valence-electron chi connectivity index (χ1n) is 9.22. The predicted octanol–water partition coefficient (Wildman–Crippen LogP) is 0.685. The van der Waals surface area contributed by atoms with Crippen LogP contribution in [0.15, 0.2) is 0 Å². The number of aliphatic carboxylic acids is 1. The van der Waals surface area contributed by atoms with Crippen LogP contribution >= 0.6 is 0 Å². The molecule has 142 valence electrons. The Labute approximate surface area is 149 Å². The van der Waals surface area contributed by atoms with Crippen LogP contribution in [0.4, 0.5) is 0 Å². The smallest absolute Gasteiger partial charge is 0.317 e. The summed E-state index contributed by atoms with van der Waals surface area (Å²) in [7, 11) is 3.84. The first kappa shape index (κ1) is 19.8. The highest BCUT2D eigenvalue weighted by Gasteiger charge is 2.42. The number of carboxylic acids is 1. The highest BCUT2D eigenvalue weighted by Crippen LogP contribution is 2.33. The minimum Gasteiger partial charge on any atom is -0.480 e. The van der Waals surface area contributed by atoms with Gasteiger partial charge in [0, 0.05) is 44.1 Å². The molecule has 0 bridgehead atoms. The van der Waals surface area contributed by atoms with E-state index < -0.39 is 5.97 Å². The van der Waals surface area contributed by atoms with Crippen molar-refractivity contribution >= 4 is 18.2 Å². The molecule has 7 heteroatoms. The van der Waals surface area contributed by atoms with Crippen LogP contribution in [0.1, 0.15) is 38.5 Å². The van der Waals surface area contributed by atoms with Gasteiger partial charge in [-0.2, -0.15) is 0 Å². The Morgan fingerprint density at radius 3 is 2.56 bits per heavy atom. The van der Waals surface area contributed by atoms with E-state index in [2.05, 4.69) is 4.90 Å². The van der Waals surface area contributed by atoms with Crippen molar-refractivity contribution in [2.24, 2.45) is 5.92 Å². The summed E-state index contributed by atoms with van der Waals surface area (Å²) in [4.78, 5) is 40.6. The van der Waals surface area contributed by atoms with Crippen molar-refractivity contribution in [3.63, 3.8) is 0 Å². The number of nitrogens with zero attached hydrogens (tertiary/aromatic N) is 3. The SMILES string of the molecule is CN(CCC1(CCC=O)CN(C(=O)C2CCC2)CCN1C)CC(=O)O. The number of rotatable bonds is 9. The second-order valence-corrected chi connectivity index (χ2v) is 7.62. The van der Waals surface area contributed by atoms with Crippen molar-refractivity contribution in [1.82, 2.24) is 14.7 Å². The zero-order valence-corrected chi connectivity index (χ0v) is 15.4. The monoisotopic (exact) mass is 353 g/mol. The summed E-state index contributed by atoms with van der Waals surface area (Å²) in [6.07, 6.45) is 5.96. The molecule has 0 aromatic carbocycles. The zero-order chi connectivity index (χ0) is 18.4. The van der Waals surface area contributed by atoms with Crippen LogP contribution in [0.2, 0.25) is 0 Å². The molecule has 1 saturated heterocycles. The Morgan fingerprint density at radius 2 is 2.00 bits per heavy atom. The second kappa shape index (κ2) is 8.76. The zero-order valence-electron chi connectivity index (χ0n) is 15.4. The third-order valence-corrected chi connectivity index (χ3v) is 5.86. The van der Waals surface area contributed by atoms with Crippen molar-refractivity contribution in [3.8, 4) is 0 Å². The van der Waals surface area contributed by atoms with Gasteiger partial charge in [0.2, 0.25) is 5.91 Å². The summed E-state index contributed by atoms with van der Waals surface area (Å²) in [6.45, 7) is 2.78. The van der Waals surface area contributed by atoms with E-state index in [0.29, 0.717) is 25.9 Å². The van der Waals surface area contributed by atoms with Gasteiger partial charge < -0.3 is 14.8 Å². The highest BCUT2D eigenvalue weighted by molar-refractivity contribution is 5.79. The number of hydrogen-bond donors (Lipinski definition) is 1. The Bertz CT molecular complexity index is 495. The highest BCUT2D eigenvalue weighted by atomic mass is 16.4. The fourth-order valence-electron chi connectivity index (χ4n) is 3.87. The van der Waals surface area contributed by atoms with Gasteiger partial charge in [-0.05, 0) is 39.8 Å². The number of hydrogen-bond acceptors (Lipinski definition) is 5. The fraction of sp³-hybridized carbons (Fsp3) is 0.833. The lowest BCUT2D eigenvalue weighted by atomic mass is 9.81. The van der Waals surface area contributed by atoms with Crippen LogP contribution in [0, 0.1) is 5.92 Å². The van der Waals surface area contributed by atoms with Crippen LogP contribution < -0.4 is 0 Å². The molecule has 1 atom stereocenters. The first-order valence-corrected chi connectivity index (χ1v) is 9.22. The van der Waals surface area contributed by atoms with E-state index in [1.54, 1.807) is 11.9 Å². The average Bonchev–Trinajstić information content (AvgIpc) is 2.50. The maximum atomic E-state index is 12.7. The Morgan fingerprint density at radius 1 is 1.28 bits per heavy atom. The van der Waals surface area contributed by atoms with E-state index in [4.69, 9.17) is 5.11 Å². The van der Waals surface area contributed by atoms with Crippen molar-refractivity contribution < 1.29 is 19.5 Å². The summed E-state index contributed by atoms with van der Waals surface area (Å²) in [5, 5.41) is 8.94. The molecule has 2 aliphatic rings. The standard InChI is InChI=1S/C18H31N3O4/c1-19(13-16(23)24)9-8-18(7-4-12-22)14-21(11-10-20(18)2)17(25)15-5-3-6-15/h12,15H,3-11,13-14H2,1-2H3,(H,23,24). The van der Waals surface area contributed by atoms with Crippen LogP contribution in [0.3, 0.4) is 0 Å². The summed E-state index contributed by atoms with van der Waals surface area (Å²) in [5.74, 6) is -0.404. The van der Waals surface area contributed by atoms with Crippen molar-refractivity contribution in [3.05, 3.63) is 0 Å². The van der Waals surface area contributed by atoms with Gasteiger partial charge in [0.15, 0.2) is 0 Å². The lowest BCUT2D eigenvalue weighted by molar-refractivity contribution is -0.144. The Kier molecular flexibility index (Phi) is 6.95. The largest absolute Gasteiger partial charge is 0.480 e. The summed E-state index contributed by atoms with van der Waals surface area (Å²) >= 11 is 0. The van der Waals surface area contributed by atoms with Gasteiger partial charge in [0.05, 0.1) is 6.54 Å². The fourth-order valence-corrected chi connectivity index (χ4v) is 3.87. The topological polar surface area (TPSA) is 81.2 Å². The molecule has 1 saturated carbocycles. The molecule has 0 aromatic heterocycles. The van der Waals surface area contributed by atoms with Crippen molar-refractivity contribution in [2.75, 3.05) is 46.8 Å². The van der Waals surface area contributed by atoms with E-state index in [0.717, 1.165) is 45.1 Å². The molecule has 7 nitrogen and oxygen atoms in total. The van der Waals surface area contributed by atoms with E-state index in [-0.39, 0.29) is 23.9 Å². The molecule has 1 unspecified atom stereocenters. The van der Waals surface area contributed by atoms with E-state index in [1.165, 1.54) is 0 Å². The molecule has 0 radical (unpaired) electrons. The number of amides is 1. The molecule has 0 aromatic rings. The number of aldehydes is 1. The average molecular weight is 353 g/mol. The number of carboxylic acid groups (broad SMARTS) is 1. The first-order chi connectivity index (χ1) is 11.9. The van der Waals surface area contributed by atoms with Gasteiger partial charge in [-0.25, -0.2) is 0 Å². The lowest BCUT2D eigenvalue weighted by Crippen LogP contribution is -2.63. The van der Waals surface area contributed by atoms with Crippen LogP contribution in [0.5, 0.6) is 0 Å². The van der Waals surface area contributed by atoms with E-state index in [9.17, 15) is 14.4 Å². The van der Waals surface area contributed by atoms with Gasteiger partial charge in [-0.1, -0.05) is 6.42 Å². The van der Waals surface area contributed by atoms with E-state index in [1.807, 2.05) is 11.9 Å². The summed E-state index contributed by atoms with van der Waals surface area (Å²) < 4.78 is 0. The third-order valence-electron chi connectivity index (χ3n) is 5.86. The van der Waals surface area contributed by atoms with E-state index >= 15 is 0 Å². The minimum atomic E-state index is -0.844. The molecule has 25 heavy (non-hydrogen) atoms. The molecule has 1 amide bonds. The molecule has 1 N–H and O–H groups in total. The minimum absolute atomic E-state index is 0.00179. The maximum Gasteiger partial charge on any atom is 0.317 e. The van der Waals surface area contributed by atoms with Crippen molar-refractivity contribution in [2.45, 2.75) is 44.1 Å². The van der Waals surface area contributed by atoms with Crippen LogP contribution in [0.25, 0.3) is 0 Å². The molecule has 1 aliphatic carbocycles. The van der Waals surface area contributed by atoms with Gasteiger partial charge in [-0.3, -0.25) is 19.4 Å². The maximum absolute atomic E-state index is 12.7. The Balaban J connectivity index is 2.06. The predicted molar refractivity (Wildman–Crippen MR) is 94.3 cm³/mol. The van der Waals surface area contributed by atoms with Gasteiger partial charge >= 0.3 is 5.97 Å². The van der Waals surface area contributed by atoms with Crippen LogP contribution in [-0.2, 0) is 14.4 Å². The number of carbonyl (C=O) groups excluding carboxylic acids is 2. The van der Waals surface area contributed by atoms with Gasteiger partial charge in [-0.15, -0.1) is 0 Å². The molecule has 1 heterocycles. The number of piperazine rings is 1. The quantitative estimate of drug-likeness (QED) is 0.614. The molecule has 2 fully saturated rings. The molecular weight excluding hydrogens is 322 g/mol. The van der Waals surface area contributed by atoms with Gasteiger partial charge in [0.1, 0.15) is 6.29 Å². The number of likely N-dealkylation sites (N-methyl/N-ethyl adjacent to an activating group) is 2. The molecule has 1 aliphatic heterocycles. The normalized spacial score (nSPS) is 25.0. The van der Waals surface area contributed by atoms with Crippen molar-refractivity contribution in [1.29, 1.82) is 0 Å². The second-order valence-electron chi connectivity index (χ2n) is 7.62.